The van der Waals surface area contributed by atoms with Crippen LogP contribution < -0.4 is 5.73 Å². The first-order chi connectivity index (χ1) is 6.83. The summed E-state index contributed by atoms with van der Waals surface area (Å²) < 4.78 is 10.1. The van der Waals surface area contributed by atoms with Crippen molar-refractivity contribution in [3.05, 3.63) is 18.2 Å². The zero-order valence-corrected chi connectivity index (χ0v) is 8.27. The summed E-state index contributed by atoms with van der Waals surface area (Å²) in [6.45, 7) is 1.82. The summed E-state index contributed by atoms with van der Waals surface area (Å²) in [5.74, 6) is 0.747. The summed E-state index contributed by atoms with van der Waals surface area (Å²) in [6.07, 6.45) is 3.89. The number of nitrogen functional groups attached to an aromatic ring is 1. The van der Waals surface area contributed by atoms with Crippen LogP contribution in [0, 0.1) is 0 Å². The van der Waals surface area contributed by atoms with Crippen molar-refractivity contribution in [2.24, 2.45) is 0 Å². The molecule has 0 aliphatic rings. The van der Waals surface area contributed by atoms with E-state index in [9.17, 15) is 0 Å². The monoisotopic (exact) mass is 197 g/mol. The fourth-order valence-corrected chi connectivity index (χ4v) is 0.902. The molecule has 0 aromatic carbocycles. The van der Waals surface area contributed by atoms with E-state index in [2.05, 4.69) is 9.97 Å². The number of rotatable bonds is 6. The Morgan fingerprint density at radius 2 is 1.93 bits per heavy atom. The lowest BCUT2D eigenvalue weighted by Gasteiger charge is -2.02. The van der Waals surface area contributed by atoms with Crippen LogP contribution in [0.15, 0.2) is 12.4 Å². The molecule has 0 atom stereocenters. The van der Waals surface area contributed by atoms with Gasteiger partial charge in [0.15, 0.2) is 0 Å². The Balaban J connectivity index is 2.15. The third-order valence-electron chi connectivity index (χ3n) is 1.63. The number of hydrogen-bond acceptors (Lipinski definition) is 5. The smallest absolute Gasteiger partial charge is 0.130 e. The highest BCUT2D eigenvalue weighted by molar-refractivity contribution is 5.30. The molecular formula is C9H15N3O2. The fraction of sp³-hybridized carbons (Fsp3) is 0.556. The van der Waals surface area contributed by atoms with Crippen molar-refractivity contribution in [3.8, 4) is 0 Å². The highest BCUT2D eigenvalue weighted by atomic mass is 16.5. The van der Waals surface area contributed by atoms with Crippen LogP contribution in [0.1, 0.15) is 5.82 Å². The second-order valence-electron chi connectivity index (χ2n) is 2.79. The van der Waals surface area contributed by atoms with Crippen molar-refractivity contribution in [3.63, 3.8) is 0 Å². The number of anilines is 1. The molecule has 78 valence electrons. The second-order valence-corrected chi connectivity index (χ2v) is 2.79. The summed E-state index contributed by atoms with van der Waals surface area (Å²) in [5, 5.41) is 0. The van der Waals surface area contributed by atoms with Gasteiger partial charge < -0.3 is 15.2 Å². The first-order valence-electron chi connectivity index (χ1n) is 4.46. The predicted molar refractivity (Wildman–Crippen MR) is 52.8 cm³/mol. The van der Waals surface area contributed by atoms with E-state index in [1.54, 1.807) is 19.5 Å². The number of ether oxygens (including phenoxy) is 2. The SMILES string of the molecule is COCCOCCc1ncc(N)cn1. The van der Waals surface area contributed by atoms with E-state index in [1.807, 2.05) is 0 Å². The van der Waals surface area contributed by atoms with Gasteiger partial charge in [-0.3, -0.25) is 0 Å². The first kappa shape index (κ1) is 10.9. The number of nitrogens with zero attached hydrogens (tertiary/aromatic N) is 2. The van der Waals surface area contributed by atoms with Crippen LogP contribution in [0.5, 0.6) is 0 Å². The van der Waals surface area contributed by atoms with Gasteiger partial charge in [-0.25, -0.2) is 9.97 Å². The maximum Gasteiger partial charge on any atom is 0.130 e. The third kappa shape index (κ3) is 4.15. The zero-order valence-electron chi connectivity index (χ0n) is 8.27. The lowest BCUT2D eigenvalue weighted by Crippen LogP contribution is -2.07. The molecule has 0 fully saturated rings. The van der Waals surface area contributed by atoms with E-state index in [1.165, 1.54) is 0 Å². The van der Waals surface area contributed by atoms with Gasteiger partial charge in [-0.2, -0.15) is 0 Å². The lowest BCUT2D eigenvalue weighted by atomic mass is 10.4. The molecule has 1 heterocycles. The van der Waals surface area contributed by atoms with E-state index < -0.39 is 0 Å². The molecule has 1 rings (SSSR count). The third-order valence-corrected chi connectivity index (χ3v) is 1.63. The topological polar surface area (TPSA) is 70.3 Å². The molecule has 1 aromatic rings. The molecule has 14 heavy (non-hydrogen) atoms. The Morgan fingerprint density at radius 3 is 2.57 bits per heavy atom. The predicted octanol–water partition coefficient (Wildman–Crippen LogP) is 0.264. The van der Waals surface area contributed by atoms with Crippen LogP contribution >= 0.6 is 0 Å². The number of aromatic nitrogens is 2. The standard InChI is InChI=1S/C9H15N3O2/c1-13-4-5-14-3-2-9-11-6-8(10)7-12-9/h6-7H,2-5,10H2,1H3. The van der Waals surface area contributed by atoms with Gasteiger partial charge in [-0.05, 0) is 0 Å². The Bertz CT molecular complexity index is 251. The molecular weight excluding hydrogens is 182 g/mol. The van der Waals surface area contributed by atoms with Crippen LogP contribution in [0.25, 0.3) is 0 Å². The van der Waals surface area contributed by atoms with Gasteiger partial charge in [0, 0.05) is 13.5 Å². The largest absolute Gasteiger partial charge is 0.396 e. The molecule has 0 radical (unpaired) electrons. The van der Waals surface area contributed by atoms with Crippen LogP contribution in [-0.4, -0.2) is 36.9 Å². The maximum atomic E-state index is 5.45. The Labute approximate surface area is 83.3 Å². The van der Waals surface area contributed by atoms with Gasteiger partial charge in [0.1, 0.15) is 5.82 Å². The maximum absolute atomic E-state index is 5.45. The molecule has 2 N–H and O–H groups in total. The van der Waals surface area contributed by atoms with Gasteiger partial charge in [-0.1, -0.05) is 0 Å². The normalized spacial score (nSPS) is 10.4. The number of methoxy groups -OCH3 is 1. The molecule has 0 aliphatic carbocycles. The van der Waals surface area contributed by atoms with E-state index in [-0.39, 0.29) is 0 Å². The molecule has 0 saturated carbocycles. The minimum atomic E-state index is 0.578. The Morgan fingerprint density at radius 1 is 1.21 bits per heavy atom. The van der Waals surface area contributed by atoms with Crippen molar-refractivity contribution in [1.82, 2.24) is 9.97 Å². The van der Waals surface area contributed by atoms with Crippen molar-refractivity contribution in [2.75, 3.05) is 32.7 Å². The molecule has 0 saturated heterocycles. The summed E-state index contributed by atoms with van der Waals surface area (Å²) in [6, 6.07) is 0. The van der Waals surface area contributed by atoms with Gasteiger partial charge in [0.2, 0.25) is 0 Å². The van der Waals surface area contributed by atoms with Crippen LogP contribution in [-0.2, 0) is 15.9 Å². The minimum Gasteiger partial charge on any atom is -0.396 e. The van der Waals surface area contributed by atoms with Crippen molar-refractivity contribution >= 4 is 5.69 Å². The summed E-state index contributed by atoms with van der Waals surface area (Å²) >= 11 is 0. The quantitative estimate of drug-likeness (QED) is 0.662. The second kappa shape index (κ2) is 6.28. The Hall–Kier alpha value is -1.20. The van der Waals surface area contributed by atoms with Crippen LogP contribution in [0.3, 0.4) is 0 Å². The van der Waals surface area contributed by atoms with Gasteiger partial charge in [0.05, 0.1) is 37.9 Å². The van der Waals surface area contributed by atoms with E-state index >= 15 is 0 Å². The molecule has 0 bridgehead atoms. The van der Waals surface area contributed by atoms with Crippen molar-refractivity contribution < 1.29 is 9.47 Å². The highest BCUT2D eigenvalue weighted by Crippen LogP contribution is 1.97. The van der Waals surface area contributed by atoms with Gasteiger partial charge in [0.25, 0.3) is 0 Å². The van der Waals surface area contributed by atoms with E-state index in [0.717, 1.165) is 5.82 Å². The number of nitrogens with two attached hydrogens (primary N) is 1. The van der Waals surface area contributed by atoms with E-state index in [0.29, 0.717) is 31.9 Å². The number of hydrogen-bond donors (Lipinski definition) is 1. The Kier molecular flexibility index (Phi) is 4.88. The average Bonchev–Trinajstić information content (AvgIpc) is 2.21. The molecule has 0 spiro atoms. The first-order valence-corrected chi connectivity index (χ1v) is 4.46. The molecule has 5 heteroatoms. The minimum absolute atomic E-state index is 0.578. The summed E-state index contributed by atoms with van der Waals surface area (Å²) in [4.78, 5) is 8.10. The van der Waals surface area contributed by atoms with Crippen LogP contribution in [0.4, 0.5) is 5.69 Å². The lowest BCUT2D eigenvalue weighted by molar-refractivity contribution is 0.0716. The average molecular weight is 197 g/mol. The van der Waals surface area contributed by atoms with Crippen LogP contribution in [0.2, 0.25) is 0 Å². The zero-order chi connectivity index (χ0) is 10.2. The van der Waals surface area contributed by atoms with Gasteiger partial charge in [-0.15, -0.1) is 0 Å². The molecule has 5 nitrogen and oxygen atoms in total. The van der Waals surface area contributed by atoms with Crippen molar-refractivity contribution in [2.45, 2.75) is 6.42 Å². The molecule has 0 amide bonds. The van der Waals surface area contributed by atoms with E-state index in [4.69, 9.17) is 15.2 Å². The summed E-state index contributed by atoms with van der Waals surface area (Å²) in [7, 11) is 1.65. The van der Waals surface area contributed by atoms with Crippen molar-refractivity contribution in [1.29, 1.82) is 0 Å². The highest BCUT2D eigenvalue weighted by Gasteiger charge is 1.95. The fourth-order valence-electron chi connectivity index (χ4n) is 0.902. The molecule has 0 unspecified atom stereocenters. The van der Waals surface area contributed by atoms with Gasteiger partial charge >= 0.3 is 0 Å². The molecule has 1 aromatic heterocycles. The molecule has 0 aliphatic heterocycles. The summed E-state index contributed by atoms with van der Waals surface area (Å²) in [5.41, 5.74) is 6.03.